The molecule has 0 radical (unpaired) electrons. The minimum Gasteiger partial charge on any atom is -0.307 e. The third-order valence-corrected chi connectivity index (χ3v) is 3.14. The van der Waals surface area contributed by atoms with E-state index in [1.807, 2.05) is 57.2 Å². The van der Waals surface area contributed by atoms with Gasteiger partial charge in [-0.15, -0.1) is 0 Å². The monoisotopic (exact) mass is 326 g/mol. The minimum atomic E-state index is -0.604. The first-order valence-corrected chi connectivity index (χ1v) is 7.65. The van der Waals surface area contributed by atoms with Crippen LogP contribution in [0.5, 0.6) is 0 Å². The van der Waals surface area contributed by atoms with E-state index in [1.54, 1.807) is 24.3 Å². The van der Waals surface area contributed by atoms with Gasteiger partial charge in [-0.25, -0.2) is 20.0 Å². The maximum absolute atomic E-state index is 12.5. The normalized spacial score (nSPS) is 10.6. The molecule has 0 bridgehead atoms. The first-order chi connectivity index (χ1) is 11.4. The van der Waals surface area contributed by atoms with Crippen LogP contribution in [-0.4, -0.2) is 22.6 Å². The number of nitrogens with zero attached hydrogens (tertiary/aromatic N) is 1. The third kappa shape index (κ3) is 5.01. The smallest absolute Gasteiger partial charge is 0.307 e. The van der Waals surface area contributed by atoms with Crippen LogP contribution in [0.15, 0.2) is 60.7 Å². The number of para-hydroxylation sites is 2. The van der Waals surface area contributed by atoms with E-state index in [1.165, 1.54) is 5.01 Å². The first-order valence-electron chi connectivity index (χ1n) is 7.65. The number of hydrogen-bond donors (Lipinski definition) is 3. The van der Waals surface area contributed by atoms with Crippen molar-refractivity contribution in [2.75, 3.05) is 10.6 Å². The van der Waals surface area contributed by atoms with Crippen LogP contribution in [0.1, 0.15) is 20.8 Å². The summed E-state index contributed by atoms with van der Waals surface area (Å²) >= 11 is 0. The fourth-order valence-electron chi connectivity index (χ4n) is 2.01. The van der Waals surface area contributed by atoms with Crippen molar-refractivity contribution >= 4 is 23.4 Å². The van der Waals surface area contributed by atoms with Gasteiger partial charge in [-0.3, -0.25) is 0 Å². The van der Waals surface area contributed by atoms with E-state index >= 15 is 0 Å². The molecule has 6 heteroatoms. The Kier molecular flexibility index (Phi) is 5.42. The van der Waals surface area contributed by atoms with Crippen molar-refractivity contribution in [1.82, 2.24) is 10.4 Å². The van der Waals surface area contributed by atoms with Gasteiger partial charge in [0.1, 0.15) is 0 Å². The molecule has 0 aliphatic rings. The average Bonchev–Trinajstić information content (AvgIpc) is 2.53. The van der Waals surface area contributed by atoms with Gasteiger partial charge >= 0.3 is 12.1 Å². The summed E-state index contributed by atoms with van der Waals surface area (Å²) in [6, 6.07) is 17.2. The van der Waals surface area contributed by atoms with Gasteiger partial charge in [-0.2, -0.15) is 0 Å². The van der Waals surface area contributed by atoms with Crippen molar-refractivity contribution in [3.05, 3.63) is 60.7 Å². The van der Waals surface area contributed by atoms with E-state index < -0.39 is 17.6 Å². The molecule has 3 N–H and O–H groups in total. The summed E-state index contributed by atoms with van der Waals surface area (Å²) in [7, 11) is 0. The quantitative estimate of drug-likeness (QED) is 0.728. The molecule has 0 unspecified atom stereocenters. The number of nitrogens with one attached hydrogen (secondary N) is 3. The molecule has 0 spiro atoms. The van der Waals surface area contributed by atoms with Gasteiger partial charge in [0.25, 0.3) is 0 Å². The highest BCUT2D eigenvalue weighted by Gasteiger charge is 2.28. The molecular weight excluding hydrogens is 304 g/mol. The Morgan fingerprint density at radius 1 is 0.792 bits per heavy atom. The predicted octanol–water partition coefficient (Wildman–Crippen LogP) is 4.06. The zero-order chi connectivity index (χ0) is 17.6. The summed E-state index contributed by atoms with van der Waals surface area (Å²) in [5.41, 5.74) is 3.29. The Labute approximate surface area is 141 Å². The van der Waals surface area contributed by atoms with Crippen LogP contribution in [-0.2, 0) is 0 Å². The van der Waals surface area contributed by atoms with Gasteiger partial charge in [-0.1, -0.05) is 36.4 Å². The standard InChI is InChI=1S/C18H22N4O2/c1-18(2,3)22(17(24)20-15-12-8-5-9-13-15)21-16(23)19-14-10-6-4-7-11-14/h4-13H,1-3H3,(H,20,24)(H2,19,21,23). The average molecular weight is 326 g/mol. The van der Waals surface area contributed by atoms with E-state index in [4.69, 9.17) is 0 Å². The van der Waals surface area contributed by atoms with Gasteiger partial charge in [0.05, 0.1) is 5.54 Å². The fourth-order valence-corrected chi connectivity index (χ4v) is 2.01. The summed E-state index contributed by atoms with van der Waals surface area (Å²) in [6.07, 6.45) is 0. The lowest BCUT2D eigenvalue weighted by molar-refractivity contribution is 0.122. The zero-order valence-corrected chi connectivity index (χ0v) is 14.0. The van der Waals surface area contributed by atoms with E-state index in [0.717, 1.165) is 0 Å². The number of benzene rings is 2. The second-order valence-corrected chi connectivity index (χ2v) is 6.23. The number of rotatable bonds is 2. The van der Waals surface area contributed by atoms with E-state index in [0.29, 0.717) is 11.4 Å². The summed E-state index contributed by atoms with van der Waals surface area (Å²) in [6.45, 7) is 5.50. The lowest BCUT2D eigenvalue weighted by Gasteiger charge is -2.35. The maximum atomic E-state index is 12.5. The summed E-state index contributed by atoms with van der Waals surface area (Å²) < 4.78 is 0. The van der Waals surface area contributed by atoms with Gasteiger partial charge in [-0.05, 0) is 45.0 Å². The topological polar surface area (TPSA) is 73.5 Å². The number of hydrogen-bond acceptors (Lipinski definition) is 2. The molecule has 0 fully saturated rings. The van der Waals surface area contributed by atoms with Crippen LogP contribution < -0.4 is 16.1 Å². The highest BCUT2D eigenvalue weighted by atomic mass is 16.2. The molecule has 6 nitrogen and oxygen atoms in total. The van der Waals surface area contributed by atoms with Crippen LogP contribution in [0.4, 0.5) is 21.0 Å². The summed E-state index contributed by atoms with van der Waals surface area (Å²) in [5, 5.41) is 6.72. The van der Waals surface area contributed by atoms with Crippen LogP contribution in [0.3, 0.4) is 0 Å². The van der Waals surface area contributed by atoms with Crippen molar-refractivity contribution in [3.8, 4) is 0 Å². The molecule has 126 valence electrons. The Morgan fingerprint density at radius 2 is 1.25 bits per heavy atom. The van der Waals surface area contributed by atoms with E-state index in [2.05, 4.69) is 16.1 Å². The van der Waals surface area contributed by atoms with E-state index in [-0.39, 0.29) is 0 Å². The molecule has 0 saturated carbocycles. The van der Waals surface area contributed by atoms with Gasteiger partial charge < -0.3 is 10.6 Å². The summed E-state index contributed by atoms with van der Waals surface area (Å²) in [5.74, 6) is 0. The molecule has 0 aromatic heterocycles. The molecule has 0 aliphatic heterocycles. The number of carbonyl (C=O) groups is 2. The second kappa shape index (κ2) is 7.50. The first kappa shape index (κ1) is 17.3. The van der Waals surface area contributed by atoms with Crippen molar-refractivity contribution in [1.29, 1.82) is 0 Å². The zero-order valence-electron chi connectivity index (χ0n) is 14.0. The molecule has 2 aromatic rings. The minimum absolute atomic E-state index is 0.420. The molecule has 0 aliphatic carbocycles. The maximum Gasteiger partial charge on any atom is 0.341 e. The van der Waals surface area contributed by atoms with Crippen molar-refractivity contribution in [2.45, 2.75) is 26.3 Å². The number of carbonyl (C=O) groups excluding carboxylic acids is 2. The van der Waals surface area contributed by atoms with Crippen molar-refractivity contribution < 1.29 is 9.59 Å². The second-order valence-electron chi connectivity index (χ2n) is 6.23. The molecule has 0 atom stereocenters. The number of urea groups is 2. The third-order valence-electron chi connectivity index (χ3n) is 3.14. The number of hydrazine groups is 1. The van der Waals surface area contributed by atoms with Crippen molar-refractivity contribution in [3.63, 3.8) is 0 Å². The van der Waals surface area contributed by atoms with E-state index in [9.17, 15) is 9.59 Å². The van der Waals surface area contributed by atoms with Crippen LogP contribution in [0, 0.1) is 0 Å². The van der Waals surface area contributed by atoms with Gasteiger partial charge in [0.15, 0.2) is 0 Å². The predicted molar refractivity (Wildman–Crippen MR) is 95.6 cm³/mol. The molecule has 0 saturated heterocycles. The SMILES string of the molecule is CC(C)(C)N(NC(=O)Nc1ccccc1)C(=O)Nc1ccccc1. The number of anilines is 2. The van der Waals surface area contributed by atoms with Crippen LogP contribution in [0.2, 0.25) is 0 Å². The lowest BCUT2D eigenvalue weighted by Crippen LogP contribution is -2.58. The number of amides is 4. The largest absolute Gasteiger partial charge is 0.341 e. The van der Waals surface area contributed by atoms with Gasteiger partial charge in [0, 0.05) is 11.4 Å². The Bertz CT molecular complexity index is 681. The molecule has 24 heavy (non-hydrogen) atoms. The molecule has 2 rings (SSSR count). The summed E-state index contributed by atoms with van der Waals surface area (Å²) in [4.78, 5) is 24.7. The molecule has 4 amide bonds. The van der Waals surface area contributed by atoms with Gasteiger partial charge in [0.2, 0.25) is 0 Å². The van der Waals surface area contributed by atoms with Crippen LogP contribution in [0.25, 0.3) is 0 Å². The Balaban J connectivity index is 2.05. The fraction of sp³-hybridized carbons (Fsp3) is 0.222. The Morgan fingerprint density at radius 3 is 1.71 bits per heavy atom. The van der Waals surface area contributed by atoms with Crippen molar-refractivity contribution in [2.24, 2.45) is 0 Å². The highest BCUT2D eigenvalue weighted by molar-refractivity contribution is 5.94. The van der Waals surface area contributed by atoms with Crippen LogP contribution >= 0.6 is 0 Å². The molecule has 2 aromatic carbocycles. The Hall–Kier alpha value is -3.02. The highest BCUT2D eigenvalue weighted by Crippen LogP contribution is 2.14. The molecule has 0 heterocycles. The molecular formula is C18H22N4O2. The lowest BCUT2D eigenvalue weighted by atomic mass is 10.1.